The van der Waals surface area contributed by atoms with Crippen LogP contribution in [-0.2, 0) is 6.54 Å². The summed E-state index contributed by atoms with van der Waals surface area (Å²) in [5, 5.41) is 0. The number of nitrogens with zero attached hydrogens (tertiary/aromatic N) is 1. The summed E-state index contributed by atoms with van der Waals surface area (Å²) in [6.45, 7) is 8.40. The van der Waals surface area contributed by atoms with Crippen LogP contribution in [0.1, 0.15) is 51.2 Å². The average Bonchev–Trinajstić information content (AvgIpc) is 2.43. The maximum atomic E-state index is 13.3. The number of rotatable bonds is 8. The van der Waals surface area contributed by atoms with E-state index in [2.05, 4.69) is 25.7 Å². The van der Waals surface area contributed by atoms with Gasteiger partial charge in [0.25, 0.3) is 0 Å². The standard InChI is InChI=1S/C16H25FN2S/c1-4-6-9-19(12(3)5-2)11-13-7-8-14(17)10-15(13)16(18)20/h7-8,10,12H,4-6,9,11H2,1-3H3,(H2,18,20). The Kier molecular flexibility index (Phi) is 7.10. The molecule has 0 saturated heterocycles. The molecule has 2 N–H and O–H groups in total. The molecule has 0 aromatic heterocycles. The van der Waals surface area contributed by atoms with Gasteiger partial charge in [-0.3, -0.25) is 4.90 Å². The van der Waals surface area contributed by atoms with E-state index in [1.165, 1.54) is 18.6 Å². The van der Waals surface area contributed by atoms with Crippen LogP contribution in [0, 0.1) is 5.82 Å². The first-order valence-corrected chi connectivity index (χ1v) is 7.72. The first kappa shape index (κ1) is 17.1. The second kappa shape index (κ2) is 8.32. The van der Waals surface area contributed by atoms with Gasteiger partial charge in [-0.1, -0.05) is 38.6 Å². The predicted octanol–water partition coefficient (Wildman–Crippen LogP) is 3.86. The third-order valence-electron chi connectivity index (χ3n) is 3.72. The van der Waals surface area contributed by atoms with Gasteiger partial charge in [-0.2, -0.15) is 0 Å². The molecule has 0 radical (unpaired) electrons. The zero-order valence-corrected chi connectivity index (χ0v) is 13.5. The second-order valence-corrected chi connectivity index (χ2v) is 5.69. The van der Waals surface area contributed by atoms with Crippen molar-refractivity contribution in [1.29, 1.82) is 0 Å². The van der Waals surface area contributed by atoms with E-state index >= 15 is 0 Å². The van der Waals surface area contributed by atoms with Crippen molar-refractivity contribution in [2.75, 3.05) is 6.54 Å². The Hall–Kier alpha value is -1.00. The topological polar surface area (TPSA) is 29.3 Å². The van der Waals surface area contributed by atoms with E-state index in [0.29, 0.717) is 11.6 Å². The quantitative estimate of drug-likeness (QED) is 0.739. The molecule has 1 rings (SSSR count). The summed E-state index contributed by atoms with van der Waals surface area (Å²) in [6, 6.07) is 5.20. The molecular formula is C16H25FN2S. The molecule has 0 aliphatic heterocycles. The summed E-state index contributed by atoms with van der Waals surface area (Å²) < 4.78 is 13.3. The fourth-order valence-electron chi connectivity index (χ4n) is 2.21. The molecule has 0 aliphatic carbocycles. The lowest BCUT2D eigenvalue weighted by molar-refractivity contribution is 0.192. The Morgan fingerprint density at radius 2 is 2.10 bits per heavy atom. The molecule has 1 aromatic rings. The number of benzene rings is 1. The molecule has 1 aromatic carbocycles. The van der Waals surface area contributed by atoms with E-state index < -0.39 is 0 Å². The minimum absolute atomic E-state index is 0.263. The molecule has 0 fully saturated rings. The highest BCUT2D eigenvalue weighted by Gasteiger charge is 2.15. The molecule has 0 bridgehead atoms. The van der Waals surface area contributed by atoms with Crippen molar-refractivity contribution >= 4 is 17.2 Å². The lowest BCUT2D eigenvalue weighted by atomic mass is 10.0. The van der Waals surface area contributed by atoms with E-state index in [9.17, 15) is 4.39 Å². The van der Waals surface area contributed by atoms with Gasteiger partial charge in [0.1, 0.15) is 10.8 Å². The maximum absolute atomic E-state index is 13.3. The lowest BCUT2D eigenvalue weighted by Crippen LogP contribution is -2.33. The van der Waals surface area contributed by atoms with Gasteiger partial charge < -0.3 is 5.73 Å². The van der Waals surface area contributed by atoms with Gasteiger partial charge >= 0.3 is 0 Å². The first-order chi connectivity index (χ1) is 9.49. The van der Waals surface area contributed by atoms with Crippen LogP contribution < -0.4 is 5.73 Å². The Bertz CT molecular complexity index is 448. The number of nitrogens with two attached hydrogens (primary N) is 1. The van der Waals surface area contributed by atoms with Gasteiger partial charge in [-0.05, 0) is 44.0 Å². The Labute approximate surface area is 127 Å². The van der Waals surface area contributed by atoms with E-state index in [4.69, 9.17) is 18.0 Å². The van der Waals surface area contributed by atoms with Crippen molar-refractivity contribution in [3.8, 4) is 0 Å². The molecule has 0 amide bonds. The summed E-state index contributed by atoms with van der Waals surface area (Å²) in [4.78, 5) is 2.68. The third-order valence-corrected chi connectivity index (χ3v) is 3.94. The molecule has 0 heterocycles. The smallest absolute Gasteiger partial charge is 0.123 e. The largest absolute Gasteiger partial charge is 0.389 e. The van der Waals surface area contributed by atoms with Crippen molar-refractivity contribution in [2.45, 2.75) is 52.6 Å². The summed E-state index contributed by atoms with van der Waals surface area (Å²) >= 11 is 5.04. The monoisotopic (exact) mass is 296 g/mol. The predicted molar refractivity (Wildman–Crippen MR) is 87.4 cm³/mol. The van der Waals surface area contributed by atoms with Crippen LogP contribution in [0.15, 0.2) is 18.2 Å². The van der Waals surface area contributed by atoms with Crippen LogP contribution in [0.2, 0.25) is 0 Å². The number of unbranched alkanes of at least 4 members (excludes halogenated alkanes) is 1. The normalized spacial score (nSPS) is 12.7. The third kappa shape index (κ3) is 4.84. The Morgan fingerprint density at radius 1 is 1.40 bits per heavy atom. The molecule has 0 aliphatic rings. The van der Waals surface area contributed by atoms with Crippen molar-refractivity contribution in [2.24, 2.45) is 5.73 Å². The molecule has 1 unspecified atom stereocenters. The van der Waals surface area contributed by atoms with Crippen LogP contribution in [0.3, 0.4) is 0 Å². The number of halogens is 1. The fourth-order valence-corrected chi connectivity index (χ4v) is 2.40. The van der Waals surface area contributed by atoms with Gasteiger partial charge in [0.05, 0.1) is 0 Å². The molecule has 112 valence electrons. The Morgan fingerprint density at radius 3 is 2.65 bits per heavy atom. The number of thiocarbonyl (C=S) groups is 1. The SMILES string of the molecule is CCCCN(Cc1ccc(F)cc1C(N)=S)C(C)CC. The molecular weight excluding hydrogens is 271 g/mol. The number of hydrogen-bond acceptors (Lipinski definition) is 2. The van der Waals surface area contributed by atoms with Gasteiger partial charge in [0.2, 0.25) is 0 Å². The molecule has 1 atom stereocenters. The first-order valence-electron chi connectivity index (χ1n) is 7.31. The Balaban J connectivity index is 2.95. The van der Waals surface area contributed by atoms with E-state index in [0.717, 1.165) is 31.5 Å². The van der Waals surface area contributed by atoms with Crippen LogP contribution >= 0.6 is 12.2 Å². The van der Waals surface area contributed by atoms with Crippen molar-refractivity contribution in [3.63, 3.8) is 0 Å². The van der Waals surface area contributed by atoms with Gasteiger partial charge in [0.15, 0.2) is 0 Å². The van der Waals surface area contributed by atoms with Crippen LogP contribution in [-0.4, -0.2) is 22.5 Å². The van der Waals surface area contributed by atoms with Gasteiger partial charge in [-0.15, -0.1) is 0 Å². The molecule has 4 heteroatoms. The molecule has 2 nitrogen and oxygen atoms in total. The van der Waals surface area contributed by atoms with Crippen LogP contribution in [0.25, 0.3) is 0 Å². The average molecular weight is 296 g/mol. The summed E-state index contributed by atoms with van der Waals surface area (Å²) in [7, 11) is 0. The summed E-state index contributed by atoms with van der Waals surface area (Å²) in [5.74, 6) is -0.291. The minimum Gasteiger partial charge on any atom is -0.389 e. The molecule has 0 saturated carbocycles. The van der Waals surface area contributed by atoms with E-state index in [1.807, 2.05) is 0 Å². The molecule has 20 heavy (non-hydrogen) atoms. The second-order valence-electron chi connectivity index (χ2n) is 5.25. The zero-order valence-electron chi connectivity index (χ0n) is 12.7. The van der Waals surface area contributed by atoms with Crippen LogP contribution in [0.4, 0.5) is 4.39 Å². The van der Waals surface area contributed by atoms with Gasteiger partial charge in [-0.25, -0.2) is 4.39 Å². The molecule has 0 spiro atoms. The highest BCUT2D eigenvalue weighted by atomic mass is 32.1. The summed E-state index contributed by atoms with van der Waals surface area (Å²) in [5.41, 5.74) is 7.38. The van der Waals surface area contributed by atoms with E-state index in [1.54, 1.807) is 6.07 Å². The minimum atomic E-state index is -0.291. The fraction of sp³-hybridized carbons (Fsp3) is 0.562. The van der Waals surface area contributed by atoms with E-state index in [-0.39, 0.29) is 10.8 Å². The van der Waals surface area contributed by atoms with Crippen molar-refractivity contribution < 1.29 is 4.39 Å². The lowest BCUT2D eigenvalue weighted by Gasteiger charge is -2.29. The van der Waals surface area contributed by atoms with Crippen LogP contribution in [0.5, 0.6) is 0 Å². The van der Waals surface area contributed by atoms with Crippen molar-refractivity contribution in [1.82, 2.24) is 4.90 Å². The zero-order chi connectivity index (χ0) is 15.1. The van der Waals surface area contributed by atoms with Crippen molar-refractivity contribution in [3.05, 3.63) is 35.1 Å². The maximum Gasteiger partial charge on any atom is 0.123 e. The number of hydrogen-bond donors (Lipinski definition) is 1. The van der Waals surface area contributed by atoms with Gasteiger partial charge in [0, 0.05) is 18.2 Å². The summed E-state index contributed by atoms with van der Waals surface area (Å²) in [6.07, 6.45) is 3.42. The highest BCUT2D eigenvalue weighted by Crippen LogP contribution is 2.17. The highest BCUT2D eigenvalue weighted by molar-refractivity contribution is 7.80.